The molecule has 1 saturated carbocycles. The van der Waals surface area contributed by atoms with E-state index in [2.05, 4.69) is 0 Å². The third kappa shape index (κ3) is 2.19. The summed E-state index contributed by atoms with van der Waals surface area (Å²) in [6.07, 6.45) is 5.01. The summed E-state index contributed by atoms with van der Waals surface area (Å²) in [5, 5.41) is 1.42. The van der Waals surface area contributed by atoms with Gasteiger partial charge in [0.05, 0.1) is 6.61 Å². The van der Waals surface area contributed by atoms with E-state index in [0.717, 1.165) is 12.3 Å². The first-order valence-corrected chi connectivity index (χ1v) is 4.97. The standard InChI is InChI=1S/C9H16N2O2/c10-8-6-13-11(9(8)12)5-1-2-7-3-4-7/h7-8H,1-6,10H2. The molecule has 0 bridgehead atoms. The quantitative estimate of drug-likeness (QED) is 0.682. The lowest BCUT2D eigenvalue weighted by atomic mass is 10.2. The first kappa shape index (κ1) is 8.97. The second-order valence-electron chi connectivity index (χ2n) is 3.93. The van der Waals surface area contributed by atoms with Gasteiger partial charge in [-0.25, -0.2) is 5.06 Å². The molecule has 2 N–H and O–H groups in total. The fourth-order valence-corrected chi connectivity index (χ4v) is 1.59. The van der Waals surface area contributed by atoms with Gasteiger partial charge in [0.2, 0.25) is 0 Å². The predicted octanol–water partition coefficient (Wildman–Crippen LogP) is 0.278. The van der Waals surface area contributed by atoms with E-state index >= 15 is 0 Å². The fourth-order valence-electron chi connectivity index (χ4n) is 1.59. The summed E-state index contributed by atoms with van der Waals surface area (Å²) < 4.78 is 0. The molecular weight excluding hydrogens is 168 g/mol. The van der Waals surface area contributed by atoms with Crippen molar-refractivity contribution in [3.8, 4) is 0 Å². The zero-order valence-corrected chi connectivity index (χ0v) is 7.74. The lowest BCUT2D eigenvalue weighted by molar-refractivity contribution is -0.161. The Morgan fingerprint density at radius 2 is 2.31 bits per heavy atom. The lowest BCUT2D eigenvalue weighted by Crippen LogP contribution is -2.34. The van der Waals surface area contributed by atoms with Crippen molar-refractivity contribution in [2.75, 3.05) is 13.2 Å². The van der Waals surface area contributed by atoms with Gasteiger partial charge in [0.25, 0.3) is 5.91 Å². The van der Waals surface area contributed by atoms with Crippen LogP contribution in [0.15, 0.2) is 0 Å². The van der Waals surface area contributed by atoms with Gasteiger partial charge in [0.15, 0.2) is 0 Å². The SMILES string of the molecule is NC1CON(CCCC2CC2)C1=O. The van der Waals surface area contributed by atoms with Crippen LogP contribution in [0.25, 0.3) is 0 Å². The normalized spacial score (nSPS) is 28.5. The second kappa shape index (κ2) is 3.64. The minimum absolute atomic E-state index is 0.0594. The summed E-state index contributed by atoms with van der Waals surface area (Å²) in [7, 11) is 0. The Balaban J connectivity index is 1.66. The predicted molar refractivity (Wildman–Crippen MR) is 47.6 cm³/mol. The maximum atomic E-state index is 11.3. The lowest BCUT2D eigenvalue weighted by Gasteiger charge is -2.13. The Labute approximate surface area is 78.0 Å². The molecule has 13 heavy (non-hydrogen) atoms. The topological polar surface area (TPSA) is 55.6 Å². The Morgan fingerprint density at radius 3 is 2.85 bits per heavy atom. The van der Waals surface area contributed by atoms with E-state index in [-0.39, 0.29) is 5.91 Å². The van der Waals surface area contributed by atoms with Gasteiger partial charge in [-0.05, 0) is 18.8 Å². The summed E-state index contributed by atoms with van der Waals surface area (Å²) >= 11 is 0. The molecule has 1 aliphatic heterocycles. The number of hydrogen-bond acceptors (Lipinski definition) is 3. The molecule has 1 unspecified atom stereocenters. The third-order valence-electron chi connectivity index (χ3n) is 2.64. The average molecular weight is 184 g/mol. The zero-order chi connectivity index (χ0) is 9.26. The van der Waals surface area contributed by atoms with Crippen LogP contribution >= 0.6 is 0 Å². The monoisotopic (exact) mass is 184 g/mol. The number of nitrogens with two attached hydrogens (primary N) is 1. The van der Waals surface area contributed by atoms with Gasteiger partial charge < -0.3 is 5.73 Å². The van der Waals surface area contributed by atoms with Crippen LogP contribution in [0.3, 0.4) is 0 Å². The Kier molecular flexibility index (Phi) is 2.51. The third-order valence-corrected chi connectivity index (χ3v) is 2.64. The minimum atomic E-state index is -0.430. The van der Waals surface area contributed by atoms with Crippen LogP contribution in [0.2, 0.25) is 0 Å². The maximum Gasteiger partial charge on any atom is 0.265 e. The van der Waals surface area contributed by atoms with E-state index in [1.807, 2.05) is 0 Å². The molecule has 0 aromatic heterocycles. The van der Waals surface area contributed by atoms with Crippen molar-refractivity contribution in [1.29, 1.82) is 0 Å². The van der Waals surface area contributed by atoms with E-state index in [9.17, 15) is 4.79 Å². The molecule has 1 atom stereocenters. The second-order valence-corrected chi connectivity index (χ2v) is 3.93. The molecule has 1 heterocycles. The van der Waals surface area contributed by atoms with Crippen molar-refractivity contribution in [2.24, 2.45) is 11.7 Å². The summed E-state index contributed by atoms with van der Waals surface area (Å²) in [6.45, 7) is 1.06. The van der Waals surface area contributed by atoms with E-state index in [4.69, 9.17) is 10.6 Å². The number of nitrogens with zero attached hydrogens (tertiary/aromatic N) is 1. The highest BCUT2D eigenvalue weighted by Gasteiger charge is 2.30. The van der Waals surface area contributed by atoms with Gasteiger partial charge in [-0.2, -0.15) is 0 Å². The van der Waals surface area contributed by atoms with Crippen molar-refractivity contribution in [2.45, 2.75) is 31.7 Å². The molecular formula is C9H16N2O2. The van der Waals surface area contributed by atoms with Crippen molar-refractivity contribution < 1.29 is 9.63 Å². The van der Waals surface area contributed by atoms with Gasteiger partial charge in [-0.15, -0.1) is 0 Å². The van der Waals surface area contributed by atoms with E-state index in [1.54, 1.807) is 0 Å². The Hall–Kier alpha value is -0.610. The molecule has 74 valence electrons. The van der Waals surface area contributed by atoms with Crippen molar-refractivity contribution >= 4 is 5.91 Å². The number of hydrogen-bond donors (Lipinski definition) is 1. The van der Waals surface area contributed by atoms with Crippen LogP contribution in [-0.4, -0.2) is 30.2 Å². The summed E-state index contributed by atoms with van der Waals surface area (Å²) in [5.74, 6) is 0.863. The molecule has 0 radical (unpaired) electrons. The van der Waals surface area contributed by atoms with Crippen LogP contribution in [0.4, 0.5) is 0 Å². The number of amides is 1. The van der Waals surface area contributed by atoms with Crippen molar-refractivity contribution in [1.82, 2.24) is 5.06 Å². The van der Waals surface area contributed by atoms with Crippen molar-refractivity contribution in [3.63, 3.8) is 0 Å². The van der Waals surface area contributed by atoms with Gasteiger partial charge in [0.1, 0.15) is 6.04 Å². The van der Waals surface area contributed by atoms with Gasteiger partial charge in [0, 0.05) is 6.54 Å². The maximum absolute atomic E-state index is 11.3. The molecule has 2 aliphatic rings. The minimum Gasteiger partial charge on any atom is -0.318 e. The molecule has 4 nitrogen and oxygen atoms in total. The highest BCUT2D eigenvalue weighted by molar-refractivity contribution is 5.82. The van der Waals surface area contributed by atoms with Gasteiger partial charge in [-0.3, -0.25) is 9.63 Å². The van der Waals surface area contributed by atoms with Crippen LogP contribution in [0.1, 0.15) is 25.7 Å². The number of carbonyl (C=O) groups excluding carboxylic acids is 1. The van der Waals surface area contributed by atoms with Crippen LogP contribution in [-0.2, 0) is 9.63 Å². The zero-order valence-electron chi connectivity index (χ0n) is 7.74. The van der Waals surface area contributed by atoms with E-state index < -0.39 is 6.04 Å². The molecule has 1 saturated heterocycles. The molecule has 4 heteroatoms. The van der Waals surface area contributed by atoms with Crippen LogP contribution in [0, 0.1) is 5.92 Å². The van der Waals surface area contributed by atoms with Crippen LogP contribution in [0.5, 0.6) is 0 Å². The molecule has 0 spiro atoms. The molecule has 2 rings (SSSR count). The molecule has 1 amide bonds. The molecule has 2 fully saturated rings. The molecule has 0 aromatic rings. The average Bonchev–Trinajstić information content (AvgIpc) is 2.88. The number of rotatable bonds is 4. The molecule has 1 aliphatic carbocycles. The summed E-state index contributed by atoms with van der Waals surface area (Å²) in [5.41, 5.74) is 5.50. The van der Waals surface area contributed by atoms with Gasteiger partial charge in [-0.1, -0.05) is 12.8 Å². The number of hydroxylamine groups is 2. The first-order chi connectivity index (χ1) is 6.27. The summed E-state index contributed by atoms with van der Waals surface area (Å²) in [4.78, 5) is 16.4. The van der Waals surface area contributed by atoms with E-state index in [0.29, 0.717) is 13.2 Å². The first-order valence-electron chi connectivity index (χ1n) is 4.97. The Bertz CT molecular complexity index is 204. The summed E-state index contributed by atoms with van der Waals surface area (Å²) in [6, 6.07) is -0.430. The smallest absolute Gasteiger partial charge is 0.265 e. The van der Waals surface area contributed by atoms with Gasteiger partial charge >= 0.3 is 0 Å². The van der Waals surface area contributed by atoms with Crippen molar-refractivity contribution in [3.05, 3.63) is 0 Å². The highest BCUT2D eigenvalue weighted by atomic mass is 16.7. The highest BCUT2D eigenvalue weighted by Crippen LogP contribution is 2.33. The van der Waals surface area contributed by atoms with E-state index in [1.165, 1.54) is 24.3 Å². The fraction of sp³-hybridized carbons (Fsp3) is 0.889. The largest absolute Gasteiger partial charge is 0.318 e. The number of carbonyl (C=O) groups is 1. The molecule has 0 aromatic carbocycles. The van der Waals surface area contributed by atoms with Crippen LogP contribution < -0.4 is 5.73 Å². The Morgan fingerprint density at radius 1 is 1.54 bits per heavy atom.